The van der Waals surface area contributed by atoms with Gasteiger partial charge >= 0.3 is 5.97 Å². The molecule has 0 unspecified atom stereocenters. The highest BCUT2D eigenvalue weighted by atomic mass is 16.5. The fraction of sp³-hybridized carbons (Fsp3) is 0.588. The Labute approximate surface area is 120 Å². The minimum atomic E-state index is -0.713. The molecule has 2 aliphatic carbocycles. The van der Waals surface area contributed by atoms with E-state index in [4.69, 9.17) is 4.74 Å². The minimum Gasteiger partial charge on any atom is -0.493 e. The van der Waals surface area contributed by atoms with E-state index >= 15 is 0 Å². The maximum absolute atomic E-state index is 11.8. The summed E-state index contributed by atoms with van der Waals surface area (Å²) in [6, 6.07) is 4.10. The molecule has 0 bridgehead atoms. The van der Waals surface area contributed by atoms with Gasteiger partial charge in [-0.3, -0.25) is 4.79 Å². The van der Waals surface area contributed by atoms with Gasteiger partial charge in [0.15, 0.2) is 0 Å². The highest BCUT2D eigenvalue weighted by Gasteiger charge is 2.48. The van der Waals surface area contributed by atoms with Crippen molar-refractivity contribution >= 4 is 5.97 Å². The van der Waals surface area contributed by atoms with Crippen LogP contribution in [0.1, 0.15) is 48.8 Å². The van der Waals surface area contributed by atoms with E-state index in [-0.39, 0.29) is 0 Å². The highest BCUT2D eigenvalue weighted by molar-refractivity contribution is 5.84. The van der Waals surface area contributed by atoms with Gasteiger partial charge in [0.2, 0.25) is 0 Å². The van der Waals surface area contributed by atoms with Crippen LogP contribution in [0.15, 0.2) is 12.1 Å². The molecule has 3 heteroatoms. The second-order valence-electron chi connectivity index (χ2n) is 6.45. The van der Waals surface area contributed by atoms with E-state index in [0.717, 1.165) is 48.3 Å². The first-order chi connectivity index (χ1) is 9.53. The lowest BCUT2D eigenvalue weighted by Crippen LogP contribution is -2.42. The fourth-order valence-electron chi connectivity index (χ4n) is 3.12. The van der Waals surface area contributed by atoms with Crippen molar-refractivity contribution in [2.24, 2.45) is 5.92 Å². The summed E-state index contributed by atoms with van der Waals surface area (Å²) in [5, 5.41) is 9.68. The van der Waals surface area contributed by atoms with Gasteiger partial charge in [0.1, 0.15) is 5.75 Å². The van der Waals surface area contributed by atoms with Crippen LogP contribution in [0.5, 0.6) is 5.75 Å². The first-order valence-corrected chi connectivity index (χ1v) is 7.51. The van der Waals surface area contributed by atoms with Crippen LogP contribution in [0, 0.1) is 19.8 Å². The highest BCUT2D eigenvalue weighted by Crippen LogP contribution is 2.49. The van der Waals surface area contributed by atoms with Gasteiger partial charge in [-0.1, -0.05) is 24.1 Å². The third kappa shape index (κ3) is 2.19. The van der Waals surface area contributed by atoms with E-state index in [1.807, 2.05) is 19.9 Å². The molecule has 2 fully saturated rings. The zero-order valence-corrected chi connectivity index (χ0v) is 12.2. The van der Waals surface area contributed by atoms with E-state index < -0.39 is 11.4 Å². The maximum Gasteiger partial charge on any atom is 0.314 e. The van der Waals surface area contributed by atoms with Crippen molar-refractivity contribution < 1.29 is 14.6 Å². The standard InChI is InChI=1S/C17H22O3/c1-11-8-12(2)15(20-10-13-4-5-13)14(9-11)17(16(18)19)6-3-7-17/h8-9,13H,3-7,10H2,1-2H3,(H,18,19). The van der Waals surface area contributed by atoms with Gasteiger partial charge in [0.25, 0.3) is 0 Å². The number of carboxylic acid groups (broad SMARTS) is 1. The molecule has 0 atom stereocenters. The number of hydrogen-bond donors (Lipinski definition) is 1. The molecule has 2 aliphatic rings. The van der Waals surface area contributed by atoms with Crippen LogP contribution in [0.25, 0.3) is 0 Å². The molecule has 108 valence electrons. The molecule has 0 aliphatic heterocycles. The van der Waals surface area contributed by atoms with Crippen molar-refractivity contribution in [3.8, 4) is 5.75 Å². The van der Waals surface area contributed by atoms with Crippen LogP contribution < -0.4 is 4.74 Å². The van der Waals surface area contributed by atoms with Crippen LogP contribution in [0.4, 0.5) is 0 Å². The Morgan fingerprint density at radius 3 is 2.55 bits per heavy atom. The summed E-state index contributed by atoms with van der Waals surface area (Å²) >= 11 is 0. The van der Waals surface area contributed by atoms with E-state index in [2.05, 4.69) is 6.07 Å². The molecule has 0 heterocycles. The topological polar surface area (TPSA) is 46.5 Å². The molecular weight excluding hydrogens is 252 g/mol. The summed E-state index contributed by atoms with van der Waals surface area (Å²) in [6.45, 7) is 4.77. The molecule has 1 aromatic carbocycles. The number of ether oxygens (including phenoxy) is 1. The van der Waals surface area contributed by atoms with Crippen LogP contribution in [-0.2, 0) is 10.2 Å². The molecule has 2 saturated carbocycles. The molecule has 20 heavy (non-hydrogen) atoms. The molecule has 1 aromatic rings. The number of hydrogen-bond acceptors (Lipinski definition) is 2. The quantitative estimate of drug-likeness (QED) is 0.892. The van der Waals surface area contributed by atoms with Gasteiger partial charge in [-0.15, -0.1) is 0 Å². The minimum absolute atomic E-state index is 0.672. The Bertz CT molecular complexity index is 539. The van der Waals surface area contributed by atoms with Crippen LogP contribution in [0.3, 0.4) is 0 Å². The predicted molar refractivity (Wildman–Crippen MR) is 77.3 cm³/mol. The number of carboxylic acids is 1. The Balaban J connectivity index is 2.00. The van der Waals surface area contributed by atoms with Crippen LogP contribution >= 0.6 is 0 Å². The Morgan fingerprint density at radius 1 is 1.35 bits per heavy atom. The molecule has 0 spiro atoms. The van der Waals surface area contributed by atoms with Gasteiger partial charge in [-0.25, -0.2) is 0 Å². The number of benzene rings is 1. The monoisotopic (exact) mass is 274 g/mol. The fourth-order valence-corrected chi connectivity index (χ4v) is 3.12. The zero-order valence-electron chi connectivity index (χ0n) is 12.2. The smallest absolute Gasteiger partial charge is 0.314 e. The number of aliphatic carboxylic acids is 1. The van der Waals surface area contributed by atoms with Crippen molar-refractivity contribution in [2.75, 3.05) is 6.61 Å². The van der Waals surface area contributed by atoms with Crippen LogP contribution in [0.2, 0.25) is 0 Å². The van der Waals surface area contributed by atoms with E-state index in [0.29, 0.717) is 5.92 Å². The SMILES string of the molecule is Cc1cc(C)c(OCC2CC2)c(C2(C(=O)O)CCC2)c1. The lowest BCUT2D eigenvalue weighted by Gasteiger charge is -2.39. The summed E-state index contributed by atoms with van der Waals surface area (Å²) in [5.74, 6) is 0.792. The number of rotatable bonds is 5. The Kier molecular flexibility index (Phi) is 3.23. The molecule has 0 saturated heterocycles. The van der Waals surface area contributed by atoms with E-state index in [1.54, 1.807) is 0 Å². The van der Waals surface area contributed by atoms with Gasteiger partial charge in [0.05, 0.1) is 12.0 Å². The zero-order chi connectivity index (χ0) is 14.3. The largest absolute Gasteiger partial charge is 0.493 e. The first-order valence-electron chi connectivity index (χ1n) is 7.51. The van der Waals surface area contributed by atoms with Gasteiger partial charge in [-0.2, -0.15) is 0 Å². The summed E-state index contributed by atoms with van der Waals surface area (Å²) in [7, 11) is 0. The lowest BCUT2D eigenvalue weighted by atomic mass is 9.63. The molecule has 0 amide bonds. The summed E-state index contributed by atoms with van der Waals surface area (Å²) in [5.41, 5.74) is 2.36. The van der Waals surface area contributed by atoms with E-state index in [1.165, 1.54) is 12.8 Å². The van der Waals surface area contributed by atoms with E-state index in [9.17, 15) is 9.90 Å². The molecule has 1 N–H and O–H groups in total. The Morgan fingerprint density at radius 2 is 2.05 bits per heavy atom. The van der Waals surface area contributed by atoms with Crippen molar-refractivity contribution in [2.45, 2.75) is 51.4 Å². The van der Waals surface area contributed by atoms with Crippen molar-refractivity contribution in [1.29, 1.82) is 0 Å². The molecular formula is C17H22O3. The number of carbonyl (C=O) groups is 1. The number of aryl methyl sites for hydroxylation is 2. The molecule has 3 nitrogen and oxygen atoms in total. The average molecular weight is 274 g/mol. The first kappa shape index (κ1) is 13.5. The summed E-state index contributed by atoms with van der Waals surface area (Å²) in [6.07, 6.45) is 4.92. The maximum atomic E-state index is 11.8. The molecule has 0 aromatic heterocycles. The third-order valence-corrected chi connectivity index (χ3v) is 4.71. The molecule has 3 rings (SSSR count). The van der Waals surface area contributed by atoms with Crippen molar-refractivity contribution in [3.05, 3.63) is 28.8 Å². The summed E-state index contributed by atoms with van der Waals surface area (Å²) in [4.78, 5) is 11.8. The Hall–Kier alpha value is -1.51. The van der Waals surface area contributed by atoms with Crippen LogP contribution in [-0.4, -0.2) is 17.7 Å². The summed E-state index contributed by atoms with van der Waals surface area (Å²) < 4.78 is 6.02. The second kappa shape index (κ2) is 4.80. The second-order valence-corrected chi connectivity index (χ2v) is 6.45. The van der Waals surface area contributed by atoms with Gasteiger partial charge in [-0.05, 0) is 51.0 Å². The van der Waals surface area contributed by atoms with Crippen molar-refractivity contribution in [3.63, 3.8) is 0 Å². The van der Waals surface area contributed by atoms with Gasteiger partial charge in [0, 0.05) is 5.56 Å². The third-order valence-electron chi connectivity index (χ3n) is 4.71. The normalized spacial score (nSPS) is 20.3. The molecule has 0 radical (unpaired) electrons. The lowest BCUT2D eigenvalue weighted by molar-refractivity contribution is -0.147. The predicted octanol–water partition coefficient (Wildman–Crippen LogP) is 3.60. The average Bonchev–Trinajstić information content (AvgIpc) is 3.09. The van der Waals surface area contributed by atoms with Gasteiger partial charge < -0.3 is 9.84 Å². The van der Waals surface area contributed by atoms with Crippen molar-refractivity contribution in [1.82, 2.24) is 0 Å².